The Labute approximate surface area is 73.0 Å². The molecule has 0 aromatic heterocycles. The van der Waals surface area contributed by atoms with Crippen LogP contribution >= 0.6 is 0 Å². The van der Waals surface area contributed by atoms with Gasteiger partial charge in [-0.2, -0.15) is 0 Å². The lowest BCUT2D eigenvalue weighted by Crippen LogP contribution is -2.01. The Morgan fingerprint density at radius 1 is 1.54 bits per heavy atom. The predicted molar refractivity (Wildman–Crippen MR) is 43.6 cm³/mol. The van der Waals surface area contributed by atoms with Gasteiger partial charge in [-0.25, -0.2) is 9.18 Å². The Hall–Kier alpha value is -1.78. The van der Waals surface area contributed by atoms with Gasteiger partial charge in [0.2, 0.25) is 0 Å². The highest BCUT2D eigenvalue weighted by atomic mass is 19.1. The summed E-state index contributed by atoms with van der Waals surface area (Å²) in [5.74, 6) is -2.02. The summed E-state index contributed by atoms with van der Waals surface area (Å²) in [6, 6.07) is 2.05. The van der Waals surface area contributed by atoms with E-state index in [2.05, 4.69) is 5.18 Å². The van der Waals surface area contributed by atoms with Crippen LogP contribution in [-0.2, 0) is 0 Å². The molecule has 0 bridgehead atoms. The Bertz CT molecular complexity index is 376. The number of hydrogen-bond donors (Lipinski definition) is 1. The molecule has 4 nitrogen and oxygen atoms in total. The van der Waals surface area contributed by atoms with Crippen molar-refractivity contribution in [1.29, 1.82) is 0 Å². The van der Waals surface area contributed by atoms with Crippen molar-refractivity contribution >= 4 is 11.7 Å². The zero-order valence-corrected chi connectivity index (χ0v) is 6.74. The molecular formula is C8H6FNO3. The maximum atomic E-state index is 12.8. The second-order valence-electron chi connectivity index (χ2n) is 2.46. The van der Waals surface area contributed by atoms with E-state index in [0.717, 1.165) is 12.1 Å². The highest BCUT2D eigenvalue weighted by molar-refractivity contribution is 5.95. The Morgan fingerprint density at radius 3 is 2.62 bits per heavy atom. The molecule has 0 aliphatic carbocycles. The first-order valence-corrected chi connectivity index (χ1v) is 3.43. The Kier molecular flexibility index (Phi) is 2.36. The van der Waals surface area contributed by atoms with E-state index >= 15 is 0 Å². The van der Waals surface area contributed by atoms with Gasteiger partial charge in [0.25, 0.3) is 0 Å². The molecule has 0 saturated carbocycles. The van der Waals surface area contributed by atoms with Crippen LogP contribution in [0.3, 0.4) is 0 Å². The quantitative estimate of drug-likeness (QED) is 0.715. The molecule has 0 aliphatic heterocycles. The zero-order valence-electron chi connectivity index (χ0n) is 6.74. The van der Waals surface area contributed by atoms with Gasteiger partial charge in [0, 0.05) is 5.56 Å². The standard InChI is InChI=1S/C8H6FNO3/c1-4-5(9)2-3-6(10-13)7(4)8(11)12/h2-3H,1H3,(H,11,12). The average molecular weight is 183 g/mol. The second kappa shape index (κ2) is 3.30. The van der Waals surface area contributed by atoms with Gasteiger partial charge in [0.1, 0.15) is 11.5 Å². The smallest absolute Gasteiger partial charge is 0.338 e. The van der Waals surface area contributed by atoms with Gasteiger partial charge >= 0.3 is 5.97 Å². The van der Waals surface area contributed by atoms with Crippen LogP contribution in [0.15, 0.2) is 17.3 Å². The van der Waals surface area contributed by atoms with Gasteiger partial charge in [0.15, 0.2) is 0 Å². The third-order valence-electron chi connectivity index (χ3n) is 1.69. The number of carbonyl (C=O) groups is 1. The summed E-state index contributed by atoms with van der Waals surface area (Å²) in [7, 11) is 0. The first-order chi connectivity index (χ1) is 6.07. The summed E-state index contributed by atoms with van der Waals surface area (Å²) in [6.07, 6.45) is 0. The van der Waals surface area contributed by atoms with Crippen molar-refractivity contribution < 1.29 is 14.3 Å². The molecule has 1 rings (SSSR count). The fourth-order valence-corrected chi connectivity index (χ4v) is 1.02. The number of halogens is 1. The van der Waals surface area contributed by atoms with Gasteiger partial charge in [-0.3, -0.25) is 0 Å². The minimum Gasteiger partial charge on any atom is -0.478 e. The van der Waals surface area contributed by atoms with E-state index in [1.54, 1.807) is 0 Å². The molecule has 0 fully saturated rings. The molecule has 0 aliphatic rings. The predicted octanol–water partition coefficient (Wildman–Crippen LogP) is 2.23. The topological polar surface area (TPSA) is 66.7 Å². The van der Waals surface area contributed by atoms with E-state index in [4.69, 9.17) is 5.11 Å². The number of carboxylic acid groups (broad SMARTS) is 1. The highest BCUT2D eigenvalue weighted by Crippen LogP contribution is 2.24. The molecule has 0 saturated heterocycles. The van der Waals surface area contributed by atoms with Crippen LogP contribution in [0.25, 0.3) is 0 Å². The Balaban J connectivity index is 3.50. The fraction of sp³-hybridized carbons (Fsp3) is 0.125. The molecule has 0 unspecified atom stereocenters. The van der Waals surface area contributed by atoms with Crippen molar-refractivity contribution in [2.45, 2.75) is 6.92 Å². The van der Waals surface area contributed by atoms with Crippen LogP contribution in [0.1, 0.15) is 15.9 Å². The zero-order chi connectivity index (χ0) is 10.0. The van der Waals surface area contributed by atoms with Crippen LogP contribution in [0, 0.1) is 17.6 Å². The third-order valence-corrected chi connectivity index (χ3v) is 1.69. The van der Waals surface area contributed by atoms with Crippen LogP contribution < -0.4 is 0 Å². The number of nitrogens with zero attached hydrogens (tertiary/aromatic N) is 1. The minimum atomic E-state index is -1.35. The number of benzene rings is 1. The molecule has 0 radical (unpaired) electrons. The molecule has 1 N–H and O–H groups in total. The lowest BCUT2D eigenvalue weighted by molar-refractivity contribution is 0.0696. The number of carboxylic acids is 1. The Morgan fingerprint density at radius 2 is 2.15 bits per heavy atom. The van der Waals surface area contributed by atoms with Crippen molar-refractivity contribution in [2.75, 3.05) is 0 Å². The lowest BCUT2D eigenvalue weighted by atomic mass is 10.1. The van der Waals surface area contributed by atoms with Crippen LogP contribution in [0.2, 0.25) is 0 Å². The summed E-state index contributed by atoms with van der Waals surface area (Å²) < 4.78 is 12.8. The average Bonchev–Trinajstić information content (AvgIpc) is 2.08. The van der Waals surface area contributed by atoms with Gasteiger partial charge in [-0.15, -0.1) is 4.91 Å². The van der Waals surface area contributed by atoms with E-state index in [1.165, 1.54) is 6.92 Å². The molecule has 0 heterocycles. The van der Waals surface area contributed by atoms with E-state index in [-0.39, 0.29) is 16.8 Å². The maximum absolute atomic E-state index is 12.8. The molecular weight excluding hydrogens is 177 g/mol. The summed E-state index contributed by atoms with van der Waals surface area (Å²) in [5, 5.41) is 11.1. The summed E-state index contributed by atoms with van der Waals surface area (Å²) in [4.78, 5) is 20.7. The second-order valence-corrected chi connectivity index (χ2v) is 2.46. The third kappa shape index (κ3) is 1.53. The van der Waals surface area contributed by atoms with Crippen LogP contribution in [0.4, 0.5) is 10.1 Å². The van der Waals surface area contributed by atoms with Gasteiger partial charge in [-0.05, 0) is 24.2 Å². The molecule has 0 spiro atoms. The van der Waals surface area contributed by atoms with E-state index < -0.39 is 11.8 Å². The summed E-state index contributed by atoms with van der Waals surface area (Å²) in [5.41, 5.74) is -0.717. The fourth-order valence-electron chi connectivity index (χ4n) is 1.02. The molecule has 0 amide bonds. The first kappa shape index (κ1) is 9.31. The van der Waals surface area contributed by atoms with Gasteiger partial charge in [0.05, 0.1) is 5.56 Å². The van der Waals surface area contributed by atoms with Crippen LogP contribution in [-0.4, -0.2) is 11.1 Å². The van der Waals surface area contributed by atoms with Crippen molar-refractivity contribution in [1.82, 2.24) is 0 Å². The van der Waals surface area contributed by atoms with Crippen molar-refractivity contribution in [3.8, 4) is 0 Å². The van der Waals surface area contributed by atoms with E-state index in [9.17, 15) is 14.1 Å². The van der Waals surface area contributed by atoms with Crippen LogP contribution in [0.5, 0.6) is 0 Å². The lowest BCUT2D eigenvalue weighted by Gasteiger charge is -2.02. The monoisotopic (exact) mass is 183 g/mol. The first-order valence-electron chi connectivity index (χ1n) is 3.43. The number of hydrogen-bond acceptors (Lipinski definition) is 3. The maximum Gasteiger partial charge on any atom is 0.338 e. The van der Waals surface area contributed by atoms with E-state index in [0.29, 0.717) is 0 Å². The molecule has 5 heteroatoms. The number of rotatable bonds is 2. The normalized spacial score (nSPS) is 9.69. The number of nitroso groups, excluding NO2 is 1. The van der Waals surface area contributed by atoms with E-state index in [1.807, 2.05) is 0 Å². The van der Waals surface area contributed by atoms with Crippen molar-refractivity contribution in [3.63, 3.8) is 0 Å². The minimum absolute atomic E-state index is 0.0791. The molecule has 1 aromatic carbocycles. The molecule has 0 atom stereocenters. The van der Waals surface area contributed by atoms with Crippen molar-refractivity contribution in [3.05, 3.63) is 34.0 Å². The molecule has 13 heavy (non-hydrogen) atoms. The van der Waals surface area contributed by atoms with Crippen molar-refractivity contribution in [2.24, 2.45) is 5.18 Å². The molecule has 1 aromatic rings. The van der Waals surface area contributed by atoms with Gasteiger partial charge < -0.3 is 5.11 Å². The molecule has 68 valence electrons. The largest absolute Gasteiger partial charge is 0.478 e. The highest BCUT2D eigenvalue weighted by Gasteiger charge is 2.16. The number of aromatic carboxylic acids is 1. The summed E-state index contributed by atoms with van der Waals surface area (Å²) in [6.45, 7) is 1.29. The van der Waals surface area contributed by atoms with Gasteiger partial charge in [-0.1, -0.05) is 0 Å². The summed E-state index contributed by atoms with van der Waals surface area (Å²) >= 11 is 0. The SMILES string of the molecule is Cc1c(F)ccc(N=O)c1C(=O)O.